The molecular weight excluding hydrogens is 270 g/mol. The molecule has 1 saturated carbocycles. The molecule has 1 amide bonds. The van der Waals surface area contributed by atoms with E-state index in [1.165, 1.54) is 12.5 Å². The zero-order valence-corrected chi connectivity index (χ0v) is 12.3. The van der Waals surface area contributed by atoms with Crippen LogP contribution in [0.15, 0.2) is 22.6 Å². The summed E-state index contributed by atoms with van der Waals surface area (Å²) in [6.07, 6.45) is 4.25. The van der Waals surface area contributed by atoms with Crippen molar-refractivity contribution in [1.29, 1.82) is 0 Å². The third-order valence-electron chi connectivity index (χ3n) is 3.67. The van der Waals surface area contributed by atoms with Gasteiger partial charge in [-0.25, -0.2) is 0 Å². The van der Waals surface area contributed by atoms with E-state index in [0.29, 0.717) is 24.1 Å². The molecule has 5 nitrogen and oxygen atoms in total. The first-order chi connectivity index (χ1) is 9.95. The number of aliphatic carboxylic acids is 1. The number of carbonyl (C=O) groups is 2. The molecule has 0 radical (unpaired) electrons. The summed E-state index contributed by atoms with van der Waals surface area (Å²) in [5.74, 6) is 1.67. The first-order valence-corrected chi connectivity index (χ1v) is 7.23. The van der Waals surface area contributed by atoms with Crippen LogP contribution in [0.2, 0.25) is 0 Å². The normalized spacial score (nSPS) is 22.2. The molecule has 3 unspecified atom stereocenters. The van der Waals surface area contributed by atoms with Gasteiger partial charge in [0.15, 0.2) is 0 Å². The van der Waals surface area contributed by atoms with E-state index in [2.05, 4.69) is 12.2 Å². The maximum Gasteiger partial charge on any atom is 0.303 e. The zero-order chi connectivity index (χ0) is 15.4. The van der Waals surface area contributed by atoms with Crippen LogP contribution in [0.4, 0.5) is 0 Å². The summed E-state index contributed by atoms with van der Waals surface area (Å²) in [6.45, 7) is 4.32. The summed E-state index contributed by atoms with van der Waals surface area (Å²) in [5.41, 5.74) is 0. The minimum atomic E-state index is -0.857. The molecule has 114 valence electrons. The summed E-state index contributed by atoms with van der Waals surface area (Å²) < 4.78 is 5.66. The van der Waals surface area contributed by atoms with E-state index in [1.807, 2.05) is 12.1 Å². The molecule has 2 N–H and O–H groups in total. The van der Waals surface area contributed by atoms with Crippen molar-refractivity contribution >= 4 is 18.0 Å². The molecule has 1 aromatic rings. The standard InChI is InChI=1S/C16H21NO4/c1-10(7-16(19)20)9-17-15(18)6-4-12-3-5-14(21-12)13-8-11(13)2/h3-6,10-11,13H,7-9H2,1-2H3,(H,17,18)(H,19,20)/b6-4+. The molecule has 0 bridgehead atoms. The average molecular weight is 291 g/mol. The van der Waals surface area contributed by atoms with E-state index in [9.17, 15) is 9.59 Å². The highest BCUT2D eigenvalue weighted by molar-refractivity contribution is 5.91. The van der Waals surface area contributed by atoms with Crippen molar-refractivity contribution in [1.82, 2.24) is 5.32 Å². The molecule has 1 aliphatic carbocycles. The average Bonchev–Trinajstić information content (AvgIpc) is 2.96. The highest BCUT2D eigenvalue weighted by atomic mass is 16.4. The van der Waals surface area contributed by atoms with Crippen molar-refractivity contribution in [2.24, 2.45) is 11.8 Å². The largest absolute Gasteiger partial charge is 0.481 e. The van der Waals surface area contributed by atoms with Crippen LogP contribution in [0.1, 0.15) is 44.1 Å². The molecule has 0 aromatic carbocycles. The number of carboxylic acids is 1. The molecule has 2 rings (SSSR count). The summed E-state index contributed by atoms with van der Waals surface area (Å²) in [7, 11) is 0. The quantitative estimate of drug-likeness (QED) is 0.757. The van der Waals surface area contributed by atoms with Gasteiger partial charge in [-0.3, -0.25) is 9.59 Å². The van der Waals surface area contributed by atoms with Gasteiger partial charge in [-0.05, 0) is 36.5 Å². The number of hydrogen-bond acceptors (Lipinski definition) is 3. The van der Waals surface area contributed by atoms with E-state index < -0.39 is 5.97 Å². The van der Waals surface area contributed by atoms with Gasteiger partial charge in [-0.2, -0.15) is 0 Å². The Kier molecular flexibility index (Phi) is 4.83. The minimum Gasteiger partial charge on any atom is -0.481 e. The van der Waals surface area contributed by atoms with Crippen LogP contribution in [-0.4, -0.2) is 23.5 Å². The van der Waals surface area contributed by atoms with E-state index in [4.69, 9.17) is 9.52 Å². The summed E-state index contributed by atoms with van der Waals surface area (Å²) in [5, 5.41) is 11.3. The van der Waals surface area contributed by atoms with E-state index in [0.717, 1.165) is 5.76 Å². The lowest BCUT2D eigenvalue weighted by atomic mass is 10.1. The van der Waals surface area contributed by atoms with E-state index in [-0.39, 0.29) is 18.2 Å². The number of furan rings is 1. The molecule has 0 saturated heterocycles. The van der Waals surface area contributed by atoms with Crippen molar-refractivity contribution < 1.29 is 19.1 Å². The van der Waals surface area contributed by atoms with Crippen LogP contribution >= 0.6 is 0 Å². The van der Waals surface area contributed by atoms with Gasteiger partial charge in [0.05, 0.1) is 0 Å². The fourth-order valence-electron chi connectivity index (χ4n) is 2.24. The second-order valence-corrected chi connectivity index (χ2v) is 5.84. The molecule has 0 aliphatic heterocycles. The predicted molar refractivity (Wildman–Crippen MR) is 78.7 cm³/mol. The lowest BCUT2D eigenvalue weighted by Gasteiger charge is -2.08. The molecule has 1 aliphatic rings. The van der Waals surface area contributed by atoms with E-state index >= 15 is 0 Å². The number of amides is 1. The van der Waals surface area contributed by atoms with Gasteiger partial charge in [0.25, 0.3) is 0 Å². The lowest BCUT2D eigenvalue weighted by Crippen LogP contribution is -2.27. The number of nitrogens with one attached hydrogen (secondary N) is 1. The van der Waals surface area contributed by atoms with Gasteiger partial charge < -0.3 is 14.8 Å². The Morgan fingerprint density at radius 3 is 2.86 bits per heavy atom. The molecule has 1 fully saturated rings. The lowest BCUT2D eigenvalue weighted by molar-refractivity contribution is -0.138. The van der Waals surface area contributed by atoms with Crippen molar-refractivity contribution in [3.63, 3.8) is 0 Å². The maximum atomic E-state index is 11.6. The van der Waals surface area contributed by atoms with Crippen LogP contribution < -0.4 is 5.32 Å². The molecule has 1 heterocycles. The molecular formula is C16H21NO4. The summed E-state index contributed by atoms with van der Waals surface area (Å²) in [4.78, 5) is 22.1. The highest BCUT2D eigenvalue weighted by Gasteiger charge is 2.36. The predicted octanol–water partition coefficient (Wildman–Crippen LogP) is 2.64. The minimum absolute atomic E-state index is 0.0467. The van der Waals surface area contributed by atoms with Crippen molar-refractivity contribution in [2.45, 2.75) is 32.6 Å². The molecule has 21 heavy (non-hydrogen) atoms. The SMILES string of the molecule is CC(CNC(=O)/C=C/c1ccc(C2CC2C)o1)CC(=O)O. The summed E-state index contributed by atoms with van der Waals surface area (Å²) >= 11 is 0. The van der Waals surface area contributed by atoms with Crippen molar-refractivity contribution in [3.8, 4) is 0 Å². The maximum absolute atomic E-state index is 11.6. The monoisotopic (exact) mass is 291 g/mol. The molecule has 5 heteroatoms. The van der Waals surface area contributed by atoms with Crippen molar-refractivity contribution in [3.05, 3.63) is 29.7 Å². The zero-order valence-electron chi connectivity index (χ0n) is 12.3. The van der Waals surface area contributed by atoms with Gasteiger partial charge in [-0.1, -0.05) is 13.8 Å². The number of rotatable bonds is 7. The fourth-order valence-corrected chi connectivity index (χ4v) is 2.24. The van der Waals surface area contributed by atoms with Gasteiger partial charge >= 0.3 is 5.97 Å². The highest BCUT2D eigenvalue weighted by Crippen LogP contribution is 2.47. The van der Waals surface area contributed by atoms with Crippen LogP contribution in [0, 0.1) is 11.8 Å². The van der Waals surface area contributed by atoms with Crippen LogP contribution in [0.3, 0.4) is 0 Å². The van der Waals surface area contributed by atoms with Gasteiger partial charge in [-0.15, -0.1) is 0 Å². The second kappa shape index (κ2) is 6.61. The Balaban J connectivity index is 1.76. The fraction of sp³-hybridized carbons (Fsp3) is 0.500. The van der Waals surface area contributed by atoms with Crippen LogP contribution in [0.5, 0.6) is 0 Å². The first-order valence-electron chi connectivity index (χ1n) is 7.23. The number of carboxylic acid groups (broad SMARTS) is 1. The molecule has 0 spiro atoms. The summed E-state index contributed by atoms with van der Waals surface area (Å²) in [6, 6.07) is 3.82. The third kappa shape index (κ3) is 4.77. The number of hydrogen-bond donors (Lipinski definition) is 2. The van der Waals surface area contributed by atoms with Crippen LogP contribution in [-0.2, 0) is 9.59 Å². The number of carbonyl (C=O) groups excluding carboxylic acids is 1. The third-order valence-corrected chi connectivity index (χ3v) is 3.67. The van der Waals surface area contributed by atoms with E-state index in [1.54, 1.807) is 13.0 Å². The first kappa shape index (κ1) is 15.4. The molecule has 3 atom stereocenters. The Labute approximate surface area is 124 Å². The van der Waals surface area contributed by atoms with Crippen LogP contribution in [0.25, 0.3) is 6.08 Å². The Morgan fingerprint density at radius 1 is 1.52 bits per heavy atom. The van der Waals surface area contributed by atoms with Gasteiger partial charge in [0.1, 0.15) is 11.5 Å². The Bertz CT molecular complexity index is 546. The smallest absolute Gasteiger partial charge is 0.303 e. The molecule has 1 aromatic heterocycles. The van der Waals surface area contributed by atoms with Gasteiger partial charge in [0, 0.05) is 25.0 Å². The van der Waals surface area contributed by atoms with Crippen molar-refractivity contribution in [2.75, 3.05) is 6.54 Å². The second-order valence-electron chi connectivity index (χ2n) is 5.84. The topological polar surface area (TPSA) is 79.5 Å². The van der Waals surface area contributed by atoms with Gasteiger partial charge in [0.2, 0.25) is 5.91 Å². The Hall–Kier alpha value is -2.04. The Morgan fingerprint density at radius 2 is 2.24 bits per heavy atom.